The second-order valence-corrected chi connectivity index (χ2v) is 5.94. The van der Waals surface area contributed by atoms with Crippen molar-refractivity contribution in [3.05, 3.63) is 22.5 Å². The van der Waals surface area contributed by atoms with Crippen LogP contribution in [-0.2, 0) is 9.53 Å². The van der Waals surface area contributed by atoms with E-state index in [4.69, 9.17) is 10.5 Å². The maximum atomic E-state index is 12.9. The maximum absolute atomic E-state index is 12.9. The molecule has 0 saturated carbocycles. The lowest BCUT2D eigenvalue weighted by Crippen LogP contribution is -2.45. The van der Waals surface area contributed by atoms with Crippen molar-refractivity contribution in [2.24, 2.45) is 5.73 Å². The van der Waals surface area contributed by atoms with Gasteiger partial charge in [0.25, 0.3) is 5.91 Å². The second-order valence-electron chi connectivity index (χ2n) is 5.94. The average molecular weight is 321 g/mol. The van der Waals surface area contributed by atoms with Crippen LogP contribution < -0.4 is 5.73 Å². The number of hydrogen-bond acceptors (Lipinski definition) is 4. The van der Waals surface area contributed by atoms with Crippen LogP contribution in [0.3, 0.4) is 0 Å². The predicted molar refractivity (Wildman–Crippen MR) is 84.1 cm³/mol. The number of piperidine rings is 1. The van der Waals surface area contributed by atoms with Crippen molar-refractivity contribution in [2.75, 3.05) is 13.7 Å². The molecule has 1 saturated heterocycles. The van der Waals surface area contributed by atoms with E-state index in [0.29, 0.717) is 29.1 Å². The third-order valence-corrected chi connectivity index (χ3v) is 4.37. The molecule has 0 aliphatic carbocycles. The molecule has 2 heterocycles. The summed E-state index contributed by atoms with van der Waals surface area (Å²) in [6.07, 6.45) is 2.78. The number of methoxy groups -OCH3 is 1. The number of hydrogen-bond donors (Lipinski definition) is 2. The van der Waals surface area contributed by atoms with E-state index in [1.54, 1.807) is 18.7 Å². The molecule has 1 aliphatic heterocycles. The van der Waals surface area contributed by atoms with E-state index >= 15 is 0 Å². The number of H-pyrrole nitrogens is 1. The van der Waals surface area contributed by atoms with E-state index in [9.17, 15) is 14.4 Å². The van der Waals surface area contributed by atoms with E-state index in [-0.39, 0.29) is 18.4 Å². The van der Waals surface area contributed by atoms with Crippen molar-refractivity contribution < 1.29 is 19.1 Å². The van der Waals surface area contributed by atoms with Crippen molar-refractivity contribution >= 4 is 17.8 Å². The molecule has 2 rings (SSSR count). The molecule has 7 heteroatoms. The Morgan fingerprint density at radius 2 is 2.00 bits per heavy atom. The molecule has 0 bridgehead atoms. The highest BCUT2D eigenvalue weighted by molar-refractivity contribution is 6.00. The predicted octanol–water partition coefficient (Wildman–Crippen LogP) is 1.29. The van der Waals surface area contributed by atoms with Gasteiger partial charge >= 0.3 is 5.97 Å². The van der Waals surface area contributed by atoms with E-state index in [0.717, 1.165) is 19.3 Å². The number of primary amides is 1. The zero-order valence-electron chi connectivity index (χ0n) is 13.8. The molecule has 23 heavy (non-hydrogen) atoms. The molecule has 1 atom stereocenters. The molecular formula is C16H23N3O4. The first-order valence-electron chi connectivity index (χ1n) is 7.73. The molecule has 1 aliphatic rings. The fraction of sp³-hybridized carbons (Fsp3) is 0.562. The van der Waals surface area contributed by atoms with E-state index in [1.807, 2.05) is 0 Å². The number of esters is 1. The number of likely N-dealkylation sites (tertiary alicyclic amines) is 1. The number of amides is 2. The minimum atomic E-state index is -0.470. The zero-order chi connectivity index (χ0) is 17.1. The monoisotopic (exact) mass is 321 g/mol. The van der Waals surface area contributed by atoms with Gasteiger partial charge in [-0.2, -0.15) is 0 Å². The molecule has 0 unspecified atom stereocenters. The molecular weight excluding hydrogens is 298 g/mol. The second kappa shape index (κ2) is 6.85. The van der Waals surface area contributed by atoms with E-state index < -0.39 is 11.9 Å². The van der Waals surface area contributed by atoms with Crippen molar-refractivity contribution in [3.8, 4) is 0 Å². The van der Waals surface area contributed by atoms with E-state index in [2.05, 4.69) is 4.98 Å². The Balaban J connectivity index is 2.32. The molecule has 1 aromatic rings. The van der Waals surface area contributed by atoms with Gasteiger partial charge in [-0.25, -0.2) is 4.79 Å². The first-order chi connectivity index (χ1) is 10.9. The Morgan fingerprint density at radius 1 is 1.30 bits per heavy atom. The third-order valence-electron chi connectivity index (χ3n) is 4.37. The third kappa shape index (κ3) is 3.38. The number of carbonyl (C=O) groups excluding carboxylic acids is 3. The first kappa shape index (κ1) is 17.1. The Bertz CT molecular complexity index is 636. The van der Waals surface area contributed by atoms with E-state index in [1.165, 1.54) is 7.11 Å². The number of aromatic nitrogens is 1. The number of nitrogens with one attached hydrogen (secondary N) is 1. The van der Waals surface area contributed by atoms with Gasteiger partial charge in [-0.05, 0) is 38.7 Å². The van der Waals surface area contributed by atoms with Crippen LogP contribution in [0, 0.1) is 13.8 Å². The summed E-state index contributed by atoms with van der Waals surface area (Å²) in [6.45, 7) is 4.03. The summed E-state index contributed by atoms with van der Waals surface area (Å²) in [5, 5.41) is 0. The smallest absolute Gasteiger partial charge is 0.339 e. The van der Waals surface area contributed by atoms with Crippen LogP contribution in [0.25, 0.3) is 0 Å². The molecule has 1 aromatic heterocycles. The highest BCUT2D eigenvalue weighted by Gasteiger charge is 2.32. The van der Waals surface area contributed by atoms with Gasteiger partial charge in [-0.15, -0.1) is 0 Å². The Morgan fingerprint density at radius 3 is 2.61 bits per heavy atom. The molecule has 126 valence electrons. The van der Waals surface area contributed by atoms with Crippen molar-refractivity contribution in [2.45, 2.75) is 45.6 Å². The van der Waals surface area contributed by atoms with Crippen LogP contribution in [0.15, 0.2) is 0 Å². The van der Waals surface area contributed by atoms with Crippen LogP contribution in [0.4, 0.5) is 0 Å². The number of carbonyl (C=O) groups is 3. The van der Waals surface area contributed by atoms with Gasteiger partial charge in [-0.3, -0.25) is 9.59 Å². The summed E-state index contributed by atoms with van der Waals surface area (Å²) in [6, 6.07) is -0.182. The average Bonchev–Trinajstić information content (AvgIpc) is 2.81. The van der Waals surface area contributed by atoms with Crippen LogP contribution >= 0.6 is 0 Å². The van der Waals surface area contributed by atoms with Crippen molar-refractivity contribution in [3.63, 3.8) is 0 Å². The Labute approximate surface area is 135 Å². The molecule has 0 spiro atoms. The normalized spacial score (nSPS) is 17.9. The zero-order valence-corrected chi connectivity index (χ0v) is 13.8. The number of nitrogens with two attached hydrogens (primary N) is 1. The highest BCUT2D eigenvalue weighted by Crippen LogP contribution is 2.25. The van der Waals surface area contributed by atoms with Crippen LogP contribution in [-0.4, -0.2) is 47.4 Å². The lowest BCUT2D eigenvalue weighted by molar-refractivity contribution is -0.119. The lowest BCUT2D eigenvalue weighted by Gasteiger charge is -2.35. The number of aromatic amines is 1. The summed E-state index contributed by atoms with van der Waals surface area (Å²) in [5.41, 5.74) is 7.23. The van der Waals surface area contributed by atoms with Gasteiger partial charge in [0.05, 0.1) is 12.7 Å². The van der Waals surface area contributed by atoms with Gasteiger partial charge in [0.2, 0.25) is 5.91 Å². The molecule has 1 fully saturated rings. The molecule has 2 amide bonds. The standard InChI is InChI=1S/C16H23N3O4/c1-9-13(16(22)23-3)10(2)18-14(9)15(21)19-7-5-4-6-11(19)8-12(17)20/h11,18H,4-8H2,1-3H3,(H2,17,20)/t11-/m1/s1. The Kier molecular flexibility index (Phi) is 5.08. The summed E-state index contributed by atoms with van der Waals surface area (Å²) in [4.78, 5) is 40.6. The largest absolute Gasteiger partial charge is 0.465 e. The lowest BCUT2D eigenvalue weighted by atomic mass is 9.98. The summed E-state index contributed by atoms with van der Waals surface area (Å²) >= 11 is 0. The quantitative estimate of drug-likeness (QED) is 0.815. The highest BCUT2D eigenvalue weighted by atomic mass is 16.5. The van der Waals surface area contributed by atoms with Gasteiger partial charge in [-0.1, -0.05) is 0 Å². The van der Waals surface area contributed by atoms with Crippen LogP contribution in [0.5, 0.6) is 0 Å². The molecule has 7 nitrogen and oxygen atoms in total. The fourth-order valence-corrected chi connectivity index (χ4v) is 3.23. The molecule has 0 aromatic carbocycles. The minimum Gasteiger partial charge on any atom is -0.465 e. The minimum absolute atomic E-state index is 0.161. The first-order valence-corrected chi connectivity index (χ1v) is 7.73. The summed E-state index contributed by atoms with van der Waals surface area (Å²) in [7, 11) is 1.31. The summed E-state index contributed by atoms with van der Waals surface area (Å²) in [5.74, 6) is -1.08. The van der Waals surface area contributed by atoms with Gasteiger partial charge in [0.1, 0.15) is 5.69 Å². The molecule has 3 N–H and O–H groups in total. The maximum Gasteiger partial charge on any atom is 0.339 e. The van der Waals surface area contributed by atoms with Gasteiger partial charge in [0, 0.05) is 24.7 Å². The van der Waals surface area contributed by atoms with Gasteiger partial charge in [0.15, 0.2) is 0 Å². The fourth-order valence-electron chi connectivity index (χ4n) is 3.23. The number of aryl methyl sites for hydroxylation is 1. The van der Waals surface area contributed by atoms with Gasteiger partial charge < -0.3 is 20.4 Å². The number of rotatable bonds is 4. The van der Waals surface area contributed by atoms with Crippen molar-refractivity contribution in [1.29, 1.82) is 0 Å². The topological polar surface area (TPSA) is 105 Å². The SMILES string of the molecule is COC(=O)c1c(C)[nH]c(C(=O)N2CCCC[C@@H]2CC(N)=O)c1C. The number of nitrogens with zero attached hydrogens (tertiary/aromatic N) is 1. The molecule has 0 radical (unpaired) electrons. The Hall–Kier alpha value is -2.31. The van der Waals surface area contributed by atoms with Crippen LogP contribution in [0.1, 0.15) is 57.8 Å². The van der Waals surface area contributed by atoms with Crippen molar-refractivity contribution in [1.82, 2.24) is 9.88 Å². The number of ether oxygens (including phenoxy) is 1. The van der Waals surface area contributed by atoms with Crippen LogP contribution in [0.2, 0.25) is 0 Å². The summed E-state index contributed by atoms with van der Waals surface area (Å²) < 4.78 is 4.77.